The highest BCUT2D eigenvalue weighted by Crippen LogP contribution is 2.41. The second kappa shape index (κ2) is 9.04. The van der Waals surface area contributed by atoms with Crippen LogP contribution in [0.2, 0.25) is 0 Å². The Kier molecular flexibility index (Phi) is 7.05. The molecule has 0 spiro atoms. The van der Waals surface area contributed by atoms with Gasteiger partial charge in [-0.1, -0.05) is 75.1 Å². The lowest BCUT2D eigenvalue weighted by Gasteiger charge is -2.28. The van der Waals surface area contributed by atoms with Crippen LogP contribution in [0.1, 0.15) is 59.3 Å². The van der Waals surface area contributed by atoms with Gasteiger partial charge in [0.15, 0.2) is 0 Å². The van der Waals surface area contributed by atoms with E-state index in [0.29, 0.717) is 11.8 Å². The Labute approximate surface area is 155 Å². The summed E-state index contributed by atoms with van der Waals surface area (Å²) in [6, 6.07) is 0. The van der Waals surface area contributed by atoms with Crippen LogP contribution in [-0.2, 0) is 0 Å². The van der Waals surface area contributed by atoms with Crippen molar-refractivity contribution in [2.24, 2.45) is 11.8 Å². The van der Waals surface area contributed by atoms with E-state index in [9.17, 15) is 0 Å². The summed E-state index contributed by atoms with van der Waals surface area (Å²) in [6.07, 6.45) is 17.9. The summed E-state index contributed by atoms with van der Waals surface area (Å²) in [4.78, 5) is 0. The number of rotatable bonds is 8. The van der Waals surface area contributed by atoms with Crippen molar-refractivity contribution >= 4 is 0 Å². The Bertz CT molecular complexity index is 660. The van der Waals surface area contributed by atoms with Crippen molar-refractivity contribution in [3.63, 3.8) is 0 Å². The average Bonchev–Trinajstić information content (AvgIpc) is 2.73. The SMILES string of the molecule is C=CC1=C(C=C)C(/C(C=C)=C/C)=C(C(C)CC(C)C2=CCC2)CCC1. The maximum atomic E-state index is 4.12. The van der Waals surface area contributed by atoms with Crippen molar-refractivity contribution in [1.82, 2.24) is 0 Å². The van der Waals surface area contributed by atoms with E-state index in [-0.39, 0.29) is 0 Å². The Balaban J connectivity index is 2.49. The Hall–Kier alpha value is -1.82. The molecule has 2 rings (SSSR count). The van der Waals surface area contributed by atoms with Gasteiger partial charge < -0.3 is 0 Å². The molecule has 0 heteroatoms. The number of hydrogen-bond donors (Lipinski definition) is 0. The zero-order valence-electron chi connectivity index (χ0n) is 16.4. The highest BCUT2D eigenvalue weighted by atomic mass is 14.3. The fraction of sp³-hybridized carbons (Fsp3) is 0.440. The minimum absolute atomic E-state index is 0.570. The molecule has 0 nitrogen and oxygen atoms in total. The fourth-order valence-corrected chi connectivity index (χ4v) is 4.29. The van der Waals surface area contributed by atoms with Crippen molar-refractivity contribution in [3.8, 4) is 0 Å². The predicted molar refractivity (Wildman–Crippen MR) is 113 cm³/mol. The first-order valence-corrected chi connectivity index (χ1v) is 9.76. The number of hydrogen-bond acceptors (Lipinski definition) is 0. The van der Waals surface area contributed by atoms with E-state index in [4.69, 9.17) is 0 Å². The molecular weight excluding hydrogens is 300 g/mol. The fourth-order valence-electron chi connectivity index (χ4n) is 4.29. The van der Waals surface area contributed by atoms with Gasteiger partial charge in [-0.15, -0.1) is 0 Å². The minimum atomic E-state index is 0.570. The molecule has 2 atom stereocenters. The van der Waals surface area contributed by atoms with Crippen LogP contribution in [0.15, 0.2) is 83.6 Å². The van der Waals surface area contributed by atoms with Gasteiger partial charge in [0.05, 0.1) is 0 Å². The smallest absolute Gasteiger partial charge is 0.0118 e. The highest BCUT2D eigenvalue weighted by molar-refractivity contribution is 5.61. The molecular formula is C25H34. The highest BCUT2D eigenvalue weighted by Gasteiger charge is 2.24. The lowest BCUT2D eigenvalue weighted by atomic mass is 9.78. The third-order valence-corrected chi connectivity index (χ3v) is 5.87. The van der Waals surface area contributed by atoms with E-state index < -0.39 is 0 Å². The molecule has 0 radical (unpaired) electrons. The molecule has 134 valence electrons. The molecule has 0 fully saturated rings. The van der Waals surface area contributed by atoms with Crippen LogP contribution in [-0.4, -0.2) is 0 Å². The number of allylic oxidation sites excluding steroid dienone is 11. The van der Waals surface area contributed by atoms with Crippen LogP contribution < -0.4 is 0 Å². The molecule has 0 aromatic rings. The van der Waals surface area contributed by atoms with Gasteiger partial charge in [0.1, 0.15) is 0 Å². The predicted octanol–water partition coefficient (Wildman–Crippen LogP) is 7.65. The van der Waals surface area contributed by atoms with Crippen LogP contribution >= 0.6 is 0 Å². The summed E-state index contributed by atoms with van der Waals surface area (Å²) in [7, 11) is 0. The van der Waals surface area contributed by atoms with Crippen molar-refractivity contribution in [3.05, 3.63) is 83.6 Å². The summed E-state index contributed by atoms with van der Waals surface area (Å²) in [6.45, 7) is 19.1. The average molecular weight is 335 g/mol. The molecule has 0 amide bonds. The molecule has 0 heterocycles. The van der Waals surface area contributed by atoms with Gasteiger partial charge in [-0.25, -0.2) is 0 Å². The molecule has 0 aromatic carbocycles. The van der Waals surface area contributed by atoms with Gasteiger partial charge in [-0.05, 0) is 79.6 Å². The van der Waals surface area contributed by atoms with E-state index in [1.165, 1.54) is 48.0 Å². The summed E-state index contributed by atoms with van der Waals surface area (Å²) >= 11 is 0. The van der Waals surface area contributed by atoms with Crippen molar-refractivity contribution in [2.75, 3.05) is 0 Å². The van der Waals surface area contributed by atoms with Crippen LogP contribution in [0.5, 0.6) is 0 Å². The van der Waals surface area contributed by atoms with E-state index >= 15 is 0 Å². The molecule has 0 aromatic heterocycles. The van der Waals surface area contributed by atoms with Crippen LogP contribution in [0.4, 0.5) is 0 Å². The van der Waals surface area contributed by atoms with Gasteiger partial charge in [0.25, 0.3) is 0 Å². The lowest BCUT2D eigenvalue weighted by molar-refractivity contribution is 0.467. The standard InChI is InChI=1S/C25H34/c1-7-20(8-2)25-23(10-4)21(9-3)13-12-16-24(25)19(6)17-18(5)22-14-11-15-22/h7-10,14,18-19H,1,3-4,11-13,15-17H2,2,5-6H3/b20-8+. The van der Waals surface area contributed by atoms with E-state index in [0.717, 1.165) is 12.8 Å². The maximum Gasteiger partial charge on any atom is -0.0118 e. The van der Waals surface area contributed by atoms with Crippen molar-refractivity contribution in [2.45, 2.75) is 59.3 Å². The van der Waals surface area contributed by atoms with E-state index in [1.807, 2.05) is 18.2 Å². The first kappa shape index (κ1) is 19.5. The Morgan fingerprint density at radius 1 is 1.08 bits per heavy atom. The van der Waals surface area contributed by atoms with Gasteiger partial charge in [0.2, 0.25) is 0 Å². The zero-order chi connectivity index (χ0) is 18.4. The first-order valence-electron chi connectivity index (χ1n) is 9.76. The van der Waals surface area contributed by atoms with E-state index in [2.05, 4.69) is 52.7 Å². The van der Waals surface area contributed by atoms with Crippen LogP contribution in [0, 0.1) is 11.8 Å². The quantitative estimate of drug-likeness (QED) is 0.316. The topological polar surface area (TPSA) is 0 Å². The molecule has 0 saturated heterocycles. The Morgan fingerprint density at radius 2 is 1.80 bits per heavy atom. The second-order valence-electron chi connectivity index (χ2n) is 7.40. The zero-order valence-corrected chi connectivity index (χ0v) is 16.4. The lowest BCUT2D eigenvalue weighted by Crippen LogP contribution is -2.13. The van der Waals surface area contributed by atoms with Gasteiger partial charge in [-0.3, -0.25) is 0 Å². The van der Waals surface area contributed by atoms with Gasteiger partial charge in [0, 0.05) is 0 Å². The minimum Gasteiger partial charge on any atom is -0.0988 e. The molecule has 0 aliphatic heterocycles. The summed E-state index contributed by atoms with van der Waals surface area (Å²) in [5, 5.41) is 0. The van der Waals surface area contributed by atoms with Crippen molar-refractivity contribution < 1.29 is 0 Å². The molecule has 0 saturated carbocycles. The maximum absolute atomic E-state index is 4.12. The molecule has 2 unspecified atom stereocenters. The molecule has 25 heavy (non-hydrogen) atoms. The summed E-state index contributed by atoms with van der Waals surface area (Å²) in [5.41, 5.74) is 8.41. The normalized spacial score (nSPS) is 21.1. The van der Waals surface area contributed by atoms with Crippen molar-refractivity contribution in [1.29, 1.82) is 0 Å². The molecule has 2 aliphatic carbocycles. The Morgan fingerprint density at radius 3 is 2.28 bits per heavy atom. The monoisotopic (exact) mass is 334 g/mol. The molecule has 0 N–H and O–H groups in total. The molecule has 0 bridgehead atoms. The largest absolute Gasteiger partial charge is 0.0988 e. The third-order valence-electron chi connectivity index (χ3n) is 5.87. The molecule has 2 aliphatic rings. The third kappa shape index (κ3) is 4.24. The van der Waals surface area contributed by atoms with Crippen LogP contribution in [0.3, 0.4) is 0 Å². The van der Waals surface area contributed by atoms with Gasteiger partial charge in [-0.2, -0.15) is 0 Å². The summed E-state index contributed by atoms with van der Waals surface area (Å²) < 4.78 is 0. The summed E-state index contributed by atoms with van der Waals surface area (Å²) in [5.74, 6) is 1.26. The van der Waals surface area contributed by atoms with Gasteiger partial charge >= 0.3 is 0 Å². The van der Waals surface area contributed by atoms with E-state index in [1.54, 1.807) is 11.1 Å². The second-order valence-corrected chi connectivity index (χ2v) is 7.40. The van der Waals surface area contributed by atoms with Crippen LogP contribution in [0.25, 0.3) is 0 Å². The first-order chi connectivity index (χ1) is 12.1.